The Bertz CT molecular complexity index is 349. The van der Waals surface area contributed by atoms with E-state index in [-0.39, 0.29) is 11.5 Å². The van der Waals surface area contributed by atoms with Crippen molar-refractivity contribution in [3.8, 4) is 6.07 Å². The number of nitrogens with two attached hydrogens (primary N) is 1. The molecule has 0 saturated carbocycles. The molecular formula is C5H5N5O. The first-order chi connectivity index (χ1) is 5.27. The number of nitrogens with zero attached hydrogens (tertiary/aromatic N) is 2. The summed E-state index contributed by atoms with van der Waals surface area (Å²) >= 11 is 0. The highest BCUT2D eigenvalue weighted by atomic mass is 16.1. The van der Waals surface area contributed by atoms with Crippen LogP contribution < -0.4 is 16.8 Å². The monoisotopic (exact) mass is 151 g/mol. The standard InChI is InChI=1S/C5H5N5O/c6-1-3-2-8-5(10-7)9-4(3)11/h2H,7H2,(H2,8,9,10,11). The van der Waals surface area contributed by atoms with Gasteiger partial charge in [-0.3, -0.25) is 15.2 Å². The predicted molar refractivity (Wildman–Crippen MR) is 37.4 cm³/mol. The van der Waals surface area contributed by atoms with E-state index in [9.17, 15) is 4.79 Å². The summed E-state index contributed by atoms with van der Waals surface area (Å²) in [6.07, 6.45) is 1.15. The number of rotatable bonds is 1. The highest BCUT2D eigenvalue weighted by Gasteiger charge is 1.98. The molecule has 11 heavy (non-hydrogen) atoms. The summed E-state index contributed by atoms with van der Waals surface area (Å²) in [5, 5.41) is 8.32. The van der Waals surface area contributed by atoms with E-state index in [4.69, 9.17) is 11.1 Å². The number of nitrogens with one attached hydrogen (secondary N) is 2. The number of hydrogen-bond donors (Lipinski definition) is 3. The Kier molecular flexibility index (Phi) is 1.85. The van der Waals surface area contributed by atoms with Gasteiger partial charge in [-0.1, -0.05) is 0 Å². The van der Waals surface area contributed by atoms with E-state index in [0.29, 0.717) is 0 Å². The molecule has 0 aliphatic rings. The summed E-state index contributed by atoms with van der Waals surface area (Å²) in [5.41, 5.74) is 1.60. The van der Waals surface area contributed by atoms with Gasteiger partial charge in [0.05, 0.1) is 6.20 Å². The van der Waals surface area contributed by atoms with Crippen molar-refractivity contribution in [2.45, 2.75) is 0 Å². The number of hydrazine groups is 1. The zero-order chi connectivity index (χ0) is 8.27. The van der Waals surface area contributed by atoms with Crippen molar-refractivity contribution >= 4 is 5.95 Å². The molecule has 0 radical (unpaired) electrons. The van der Waals surface area contributed by atoms with E-state index in [1.807, 2.05) is 0 Å². The Morgan fingerprint density at radius 3 is 3.00 bits per heavy atom. The lowest BCUT2D eigenvalue weighted by molar-refractivity contribution is 1.07. The average Bonchev–Trinajstić information content (AvgIpc) is 2.04. The maximum atomic E-state index is 10.8. The van der Waals surface area contributed by atoms with Gasteiger partial charge in [0.2, 0.25) is 5.95 Å². The zero-order valence-electron chi connectivity index (χ0n) is 5.46. The minimum Gasteiger partial charge on any atom is -0.294 e. The molecular weight excluding hydrogens is 146 g/mol. The van der Waals surface area contributed by atoms with Gasteiger partial charge in [-0.05, 0) is 0 Å². The zero-order valence-corrected chi connectivity index (χ0v) is 5.46. The Morgan fingerprint density at radius 1 is 1.82 bits per heavy atom. The van der Waals surface area contributed by atoms with Gasteiger partial charge in [-0.2, -0.15) is 5.26 Å². The summed E-state index contributed by atoms with van der Waals surface area (Å²) in [6, 6.07) is 1.67. The minimum absolute atomic E-state index is 0.0380. The van der Waals surface area contributed by atoms with Gasteiger partial charge in [-0.15, -0.1) is 0 Å². The van der Waals surface area contributed by atoms with Gasteiger partial charge in [-0.25, -0.2) is 10.8 Å². The van der Waals surface area contributed by atoms with E-state index in [1.54, 1.807) is 6.07 Å². The lowest BCUT2D eigenvalue weighted by atomic mass is 10.4. The van der Waals surface area contributed by atoms with E-state index in [0.717, 1.165) is 6.20 Å². The van der Waals surface area contributed by atoms with Crippen molar-refractivity contribution in [1.29, 1.82) is 5.26 Å². The fourth-order valence-corrected chi connectivity index (χ4v) is 0.548. The van der Waals surface area contributed by atoms with Crippen LogP contribution in [0.3, 0.4) is 0 Å². The average molecular weight is 151 g/mol. The molecule has 0 saturated heterocycles. The second-order valence-electron chi connectivity index (χ2n) is 1.73. The number of nitriles is 1. The Balaban J connectivity index is 3.23. The minimum atomic E-state index is -0.504. The predicted octanol–water partition coefficient (Wildman–Crippen LogP) is -1.07. The molecule has 0 atom stereocenters. The fraction of sp³-hybridized carbons (Fsp3) is 0. The van der Waals surface area contributed by atoms with Crippen LogP contribution in [0.2, 0.25) is 0 Å². The molecule has 6 nitrogen and oxygen atoms in total. The van der Waals surface area contributed by atoms with Crippen LogP contribution in [0.15, 0.2) is 11.0 Å². The van der Waals surface area contributed by atoms with Gasteiger partial charge in [0.15, 0.2) is 0 Å². The maximum Gasteiger partial charge on any atom is 0.270 e. The first-order valence-corrected chi connectivity index (χ1v) is 2.74. The summed E-state index contributed by atoms with van der Waals surface area (Å²) in [7, 11) is 0. The van der Waals surface area contributed by atoms with E-state index in [1.165, 1.54) is 0 Å². The fourth-order valence-electron chi connectivity index (χ4n) is 0.548. The molecule has 4 N–H and O–H groups in total. The summed E-state index contributed by atoms with van der Waals surface area (Å²) in [4.78, 5) is 16.7. The molecule has 0 amide bonds. The van der Waals surface area contributed by atoms with Crippen LogP contribution in [0.5, 0.6) is 0 Å². The third kappa shape index (κ3) is 1.33. The van der Waals surface area contributed by atoms with Crippen molar-refractivity contribution in [3.05, 3.63) is 22.1 Å². The number of anilines is 1. The van der Waals surface area contributed by atoms with Crippen molar-refractivity contribution in [1.82, 2.24) is 9.97 Å². The summed E-state index contributed by atoms with van der Waals surface area (Å²) in [6.45, 7) is 0. The largest absolute Gasteiger partial charge is 0.294 e. The molecule has 1 heterocycles. The van der Waals surface area contributed by atoms with Gasteiger partial charge < -0.3 is 0 Å². The molecule has 1 aromatic heterocycles. The summed E-state index contributed by atoms with van der Waals surface area (Å²) in [5.74, 6) is 5.08. The van der Waals surface area contributed by atoms with Crippen LogP contribution >= 0.6 is 0 Å². The van der Waals surface area contributed by atoms with Crippen LogP contribution in [0.4, 0.5) is 5.95 Å². The van der Waals surface area contributed by atoms with Crippen LogP contribution in [0.25, 0.3) is 0 Å². The Labute approximate surface area is 61.6 Å². The first-order valence-electron chi connectivity index (χ1n) is 2.74. The molecule has 0 spiro atoms. The second-order valence-corrected chi connectivity index (χ2v) is 1.73. The van der Waals surface area contributed by atoms with Gasteiger partial charge >= 0.3 is 0 Å². The molecule has 1 rings (SSSR count). The van der Waals surface area contributed by atoms with Gasteiger partial charge in [0.25, 0.3) is 5.56 Å². The number of aromatic nitrogens is 2. The van der Waals surface area contributed by atoms with Crippen LogP contribution in [-0.4, -0.2) is 9.97 Å². The first kappa shape index (κ1) is 7.24. The van der Waals surface area contributed by atoms with Gasteiger partial charge in [0, 0.05) is 0 Å². The molecule has 0 aromatic carbocycles. The smallest absolute Gasteiger partial charge is 0.270 e. The molecule has 1 aromatic rings. The van der Waals surface area contributed by atoms with Crippen molar-refractivity contribution in [2.24, 2.45) is 5.84 Å². The topological polar surface area (TPSA) is 108 Å². The highest BCUT2D eigenvalue weighted by molar-refractivity contribution is 5.28. The third-order valence-corrected chi connectivity index (χ3v) is 1.06. The lowest BCUT2D eigenvalue weighted by Gasteiger charge is -1.95. The summed E-state index contributed by atoms with van der Waals surface area (Å²) < 4.78 is 0. The Hall–Kier alpha value is -1.87. The third-order valence-electron chi connectivity index (χ3n) is 1.06. The second kappa shape index (κ2) is 2.81. The number of hydrogen-bond acceptors (Lipinski definition) is 5. The van der Waals surface area contributed by atoms with E-state index < -0.39 is 5.56 Å². The van der Waals surface area contributed by atoms with E-state index >= 15 is 0 Å². The van der Waals surface area contributed by atoms with E-state index in [2.05, 4.69) is 15.4 Å². The normalized spacial score (nSPS) is 8.73. The number of nitrogen functional groups attached to an aromatic ring is 1. The SMILES string of the molecule is N#Cc1cnc(NN)[nH]c1=O. The number of aromatic amines is 1. The Morgan fingerprint density at radius 2 is 2.55 bits per heavy atom. The molecule has 0 bridgehead atoms. The molecule has 0 aliphatic heterocycles. The van der Waals surface area contributed by atoms with Gasteiger partial charge in [0.1, 0.15) is 11.6 Å². The van der Waals surface area contributed by atoms with Crippen molar-refractivity contribution < 1.29 is 0 Å². The highest BCUT2D eigenvalue weighted by Crippen LogP contribution is 1.89. The van der Waals surface area contributed by atoms with Crippen molar-refractivity contribution in [2.75, 3.05) is 5.43 Å². The van der Waals surface area contributed by atoms with Crippen molar-refractivity contribution in [3.63, 3.8) is 0 Å². The van der Waals surface area contributed by atoms with Crippen LogP contribution in [0, 0.1) is 11.3 Å². The molecule has 56 valence electrons. The maximum absolute atomic E-state index is 10.8. The number of H-pyrrole nitrogens is 1. The molecule has 0 aliphatic carbocycles. The van der Waals surface area contributed by atoms with Crippen LogP contribution in [0.1, 0.15) is 5.56 Å². The quantitative estimate of drug-likeness (QED) is 0.349. The lowest BCUT2D eigenvalue weighted by Crippen LogP contribution is -2.18. The van der Waals surface area contributed by atoms with Crippen LogP contribution in [-0.2, 0) is 0 Å². The molecule has 6 heteroatoms. The molecule has 0 unspecified atom stereocenters. The molecule has 0 fully saturated rings.